The number of imide groups is 1. The molecule has 1 aliphatic carbocycles. The minimum atomic E-state index is -4.36. The Kier molecular flexibility index (Phi) is 14.0. The summed E-state index contributed by atoms with van der Waals surface area (Å²) >= 11 is 0. The molecule has 360 valence electrons. The molecule has 0 aromatic heterocycles. The molecule has 0 saturated carbocycles. The van der Waals surface area contributed by atoms with Crippen molar-refractivity contribution in [3.05, 3.63) is 101 Å². The van der Waals surface area contributed by atoms with Crippen molar-refractivity contribution in [3.8, 4) is 5.75 Å². The number of piperidine rings is 2. The van der Waals surface area contributed by atoms with Crippen molar-refractivity contribution in [1.82, 2.24) is 20.0 Å². The fraction of sp³-hybridized carbons (Fsp3) is 0.547. The highest BCUT2D eigenvalue weighted by molar-refractivity contribution is 6.05. The first-order valence-corrected chi connectivity index (χ1v) is 24.0. The number of ether oxygens (including phenoxy) is 2. The number of nitrogens with zero attached hydrogens (tertiary/aromatic N) is 3. The van der Waals surface area contributed by atoms with E-state index in [1.54, 1.807) is 12.0 Å². The zero-order valence-electron chi connectivity index (χ0n) is 39.6. The monoisotopic (exact) mass is 925 g/mol. The molecule has 3 aromatic carbocycles. The number of alkyl halides is 3. The number of carbonyl (C=O) groups excluding carboxylic acids is 4. The van der Waals surface area contributed by atoms with Gasteiger partial charge in [0.15, 0.2) is 0 Å². The summed E-state index contributed by atoms with van der Waals surface area (Å²) < 4.78 is 54.7. The Morgan fingerprint density at radius 2 is 1.69 bits per heavy atom. The van der Waals surface area contributed by atoms with Crippen LogP contribution in [-0.4, -0.2) is 102 Å². The zero-order chi connectivity index (χ0) is 47.7. The minimum Gasteiger partial charge on any atom is -0.497 e. The lowest BCUT2D eigenvalue weighted by Crippen LogP contribution is -2.52. The molecular formula is C53H66F3N5O6. The molecule has 3 aromatic rings. The lowest BCUT2D eigenvalue weighted by molar-refractivity contribution is -0.217. The average Bonchev–Trinajstić information content (AvgIpc) is 3.62. The van der Waals surface area contributed by atoms with Gasteiger partial charge in [-0.05, 0) is 144 Å². The molecule has 11 nitrogen and oxygen atoms in total. The van der Waals surface area contributed by atoms with Crippen molar-refractivity contribution in [2.75, 3.05) is 45.2 Å². The van der Waals surface area contributed by atoms with E-state index in [0.29, 0.717) is 64.2 Å². The first kappa shape index (κ1) is 48.3. The van der Waals surface area contributed by atoms with Gasteiger partial charge in [-0.25, -0.2) is 0 Å². The maximum Gasteiger partial charge on any atom is 0.395 e. The molecule has 4 amide bonds. The van der Waals surface area contributed by atoms with Crippen LogP contribution in [0.15, 0.2) is 72.8 Å². The van der Waals surface area contributed by atoms with Crippen molar-refractivity contribution < 1.29 is 41.8 Å². The smallest absolute Gasteiger partial charge is 0.395 e. The predicted octanol–water partition coefficient (Wildman–Crippen LogP) is 9.05. The third-order valence-electron chi connectivity index (χ3n) is 15.0. The molecule has 8 rings (SSSR count). The molecule has 3 saturated heterocycles. The van der Waals surface area contributed by atoms with Gasteiger partial charge in [-0.15, -0.1) is 0 Å². The Labute approximate surface area is 392 Å². The number of rotatable bonds is 14. The van der Waals surface area contributed by atoms with E-state index >= 15 is 0 Å². The van der Waals surface area contributed by atoms with Gasteiger partial charge in [-0.1, -0.05) is 48.5 Å². The van der Waals surface area contributed by atoms with E-state index in [1.807, 2.05) is 52.3 Å². The number of hydrogen-bond donors (Lipinski definition) is 2. The summed E-state index contributed by atoms with van der Waals surface area (Å²) in [4.78, 5) is 56.7. The van der Waals surface area contributed by atoms with Crippen molar-refractivity contribution in [2.24, 2.45) is 11.3 Å². The quantitative estimate of drug-likeness (QED) is 0.154. The summed E-state index contributed by atoms with van der Waals surface area (Å²) in [6.45, 7) is 9.71. The van der Waals surface area contributed by atoms with Crippen LogP contribution in [-0.2, 0) is 37.6 Å². The number of likely N-dealkylation sites (tertiary alicyclic amines) is 1. The van der Waals surface area contributed by atoms with Gasteiger partial charge in [0, 0.05) is 74.4 Å². The van der Waals surface area contributed by atoms with Crippen molar-refractivity contribution in [1.29, 1.82) is 0 Å². The first-order valence-electron chi connectivity index (χ1n) is 24.0. The predicted molar refractivity (Wildman–Crippen MR) is 251 cm³/mol. The lowest BCUT2D eigenvalue weighted by atomic mass is 9.67. The van der Waals surface area contributed by atoms with Gasteiger partial charge in [-0.3, -0.25) is 29.4 Å². The van der Waals surface area contributed by atoms with Crippen LogP contribution in [0.3, 0.4) is 0 Å². The summed E-state index contributed by atoms with van der Waals surface area (Å²) in [5.41, 5.74) is 4.09. The number of anilines is 1. The number of hydrogen-bond acceptors (Lipinski definition) is 8. The molecule has 67 heavy (non-hydrogen) atoms. The Bertz CT molecular complexity index is 2340. The molecule has 3 atom stereocenters. The Hall–Kier alpha value is -5.21. The van der Waals surface area contributed by atoms with Gasteiger partial charge in [0.05, 0.1) is 18.1 Å². The molecule has 0 radical (unpaired) electrons. The topological polar surface area (TPSA) is 121 Å². The molecule has 2 N–H and O–H groups in total. The highest BCUT2D eigenvalue weighted by Crippen LogP contribution is 2.46. The second-order valence-electron chi connectivity index (χ2n) is 20.8. The molecule has 0 spiro atoms. The van der Waals surface area contributed by atoms with E-state index in [4.69, 9.17) is 9.47 Å². The molecule has 4 heterocycles. The number of amides is 4. The van der Waals surface area contributed by atoms with E-state index in [-0.39, 0.29) is 53.7 Å². The average molecular weight is 926 g/mol. The highest BCUT2D eigenvalue weighted by atomic mass is 19.4. The number of allylic oxidation sites excluding steroid dienone is 2. The van der Waals surface area contributed by atoms with Gasteiger partial charge >= 0.3 is 6.18 Å². The van der Waals surface area contributed by atoms with Crippen molar-refractivity contribution in [2.45, 2.75) is 134 Å². The number of benzene rings is 3. The van der Waals surface area contributed by atoms with Crippen LogP contribution in [0.5, 0.6) is 5.75 Å². The van der Waals surface area contributed by atoms with Crippen molar-refractivity contribution in [3.63, 3.8) is 0 Å². The molecule has 1 unspecified atom stereocenters. The number of carbonyl (C=O) groups is 4. The minimum absolute atomic E-state index is 0.0874. The second-order valence-corrected chi connectivity index (χ2v) is 20.8. The van der Waals surface area contributed by atoms with E-state index < -0.39 is 23.5 Å². The van der Waals surface area contributed by atoms with Crippen LogP contribution in [0, 0.1) is 11.3 Å². The largest absolute Gasteiger partial charge is 0.497 e. The lowest BCUT2D eigenvalue weighted by Gasteiger charge is -2.46. The Balaban J connectivity index is 0.849. The second kappa shape index (κ2) is 19.4. The third kappa shape index (κ3) is 10.9. The summed E-state index contributed by atoms with van der Waals surface area (Å²) in [6, 6.07) is 21.5. The zero-order valence-corrected chi connectivity index (χ0v) is 39.6. The summed E-state index contributed by atoms with van der Waals surface area (Å²) in [5, 5.41) is 5.92. The molecule has 14 heteroatoms. The summed E-state index contributed by atoms with van der Waals surface area (Å²) in [7, 11) is 1.64. The normalized spacial score (nSPS) is 23.8. The standard InChI is InChI=1S/C53H66F3N5O6/c1-50(2,53(54,55)56)34-59(28-24-52(25-29-67-51(3,4)33-52)40-15-18-43(66-5)19-16-40)31-35-6-8-36(9-7-35)37-10-12-38(13-11-37)48(64)60-26-22-41(23-27-60)57-42-17-14-39-32-61(49(65)44(39)30-42)45-20-21-46(62)58-47(45)63/h6-10,14-19,30,38,41,45,57H,11-13,20-29,31-34H2,1-5H3,(H,58,62,63)/t38-,45?,52+/m0/s1. The van der Waals surface area contributed by atoms with Crippen LogP contribution >= 0.6 is 0 Å². The van der Waals surface area contributed by atoms with Crippen LogP contribution < -0.4 is 15.4 Å². The van der Waals surface area contributed by atoms with Gasteiger partial charge in [0.25, 0.3) is 5.91 Å². The van der Waals surface area contributed by atoms with E-state index in [0.717, 1.165) is 72.2 Å². The van der Waals surface area contributed by atoms with Gasteiger partial charge in [0.2, 0.25) is 17.7 Å². The Morgan fingerprint density at radius 1 is 0.955 bits per heavy atom. The molecule has 5 aliphatic rings. The fourth-order valence-corrected chi connectivity index (χ4v) is 11.0. The maximum absolute atomic E-state index is 14.4. The molecular weight excluding hydrogens is 860 g/mol. The van der Waals surface area contributed by atoms with Crippen LogP contribution in [0.2, 0.25) is 0 Å². The maximum atomic E-state index is 14.4. The molecule has 3 fully saturated rings. The van der Waals surface area contributed by atoms with E-state index in [1.165, 1.54) is 19.4 Å². The number of fused-ring (bicyclic) bond motifs is 1. The number of nitrogens with one attached hydrogen (secondary N) is 2. The molecule has 0 bridgehead atoms. The number of halogens is 3. The summed E-state index contributed by atoms with van der Waals surface area (Å²) in [6.07, 6.45) is 4.32. The molecule has 4 aliphatic heterocycles. The van der Waals surface area contributed by atoms with Gasteiger partial charge in [0.1, 0.15) is 11.8 Å². The SMILES string of the molecule is COc1ccc([C@]2(CCN(Cc3ccc(C4=CC[C@H](C(=O)N5CCC(Nc6ccc7c(c6)C(=O)N(C6CCC(=O)NC6=O)C7)CC5)CC4)cc3)CC(C)(C)C(F)(F)F)CCOC(C)(C)C2)cc1. The van der Waals surface area contributed by atoms with E-state index in [2.05, 4.69) is 54.8 Å². The summed E-state index contributed by atoms with van der Waals surface area (Å²) in [5.74, 6) is -0.0809. The van der Waals surface area contributed by atoms with Gasteiger partial charge in [-0.2, -0.15) is 13.2 Å². The van der Waals surface area contributed by atoms with Gasteiger partial charge < -0.3 is 24.6 Å². The van der Waals surface area contributed by atoms with Crippen molar-refractivity contribution >= 4 is 34.9 Å². The van der Waals surface area contributed by atoms with Crippen LogP contribution in [0.1, 0.15) is 125 Å². The van der Waals surface area contributed by atoms with Crippen LogP contribution in [0.25, 0.3) is 5.57 Å². The number of methoxy groups -OCH3 is 1. The fourth-order valence-electron chi connectivity index (χ4n) is 11.0. The first-order chi connectivity index (χ1) is 31.8. The van der Waals surface area contributed by atoms with E-state index in [9.17, 15) is 32.3 Å². The highest BCUT2D eigenvalue weighted by Gasteiger charge is 2.49. The third-order valence-corrected chi connectivity index (χ3v) is 15.0. The Morgan fingerprint density at radius 3 is 2.33 bits per heavy atom. The van der Waals surface area contributed by atoms with Crippen LogP contribution in [0.4, 0.5) is 18.9 Å².